The summed E-state index contributed by atoms with van der Waals surface area (Å²) in [7, 11) is 0. The Morgan fingerprint density at radius 1 is 0.962 bits per heavy atom. The summed E-state index contributed by atoms with van der Waals surface area (Å²) in [4.78, 5) is 7.01. The summed E-state index contributed by atoms with van der Waals surface area (Å²) < 4.78 is 15.7. The highest BCUT2D eigenvalue weighted by atomic mass is 19.1. The maximum Gasteiger partial charge on any atom is 0.123 e. The lowest BCUT2D eigenvalue weighted by molar-refractivity contribution is 0.208. The Morgan fingerprint density at radius 2 is 1.77 bits per heavy atom. The van der Waals surface area contributed by atoms with Crippen LogP contribution in [0.15, 0.2) is 54.9 Å². The van der Waals surface area contributed by atoms with Crippen molar-refractivity contribution >= 4 is 11.0 Å². The Bertz CT molecular complexity index is 849. The first-order chi connectivity index (χ1) is 12.8. The van der Waals surface area contributed by atoms with Crippen LogP contribution in [-0.4, -0.2) is 34.1 Å². The Morgan fingerprint density at radius 3 is 2.62 bits per heavy atom. The third-order valence-electron chi connectivity index (χ3n) is 5.56. The van der Waals surface area contributed by atoms with E-state index in [1.54, 1.807) is 6.07 Å². The minimum atomic E-state index is -0.114. The van der Waals surface area contributed by atoms with Crippen LogP contribution in [0.25, 0.3) is 11.0 Å². The van der Waals surface area contributed by atoms with Crippen molar-refractivity contribution in [2.24, 2.45) is 0 Å². The summed E-state index contributed by atoms with van der Waals surface area (Å²) in [5, 5.41) is 0. The third kappa shape index (κ3) is 3.96. The minimum Gasteiger partial charge on any atom is -0.331 e. The number of fused-ring (bicyclic) bond motifs is 1. The zero-order chi connectivity index (χ0) is 17.8. The quantitative estimate of drug-likeness (QED) is 0.593. The lowest BCUT2D eigenvalue weighted by atomic mass is 9.89. The van der Waals surface area contributed by atoms with E-state index in [0.29, 0.717) is 5.92 Å². The largest absolute Gasteiger partial charge is 0.331 e. The molecule has 0 aliphatic carbocycles. The van der Waals surface area contributed by atoms with Gasteiger partial charge in [-0.3, -0.25) is 0 Å². The zero-order valence-corrected chi connectivity index (χ0v) is 15.1. The van der Waals surface area contributed by atoms with E-state index in [-0.39, 0.29) is 5.82 Å². The number of hydrogen-bond acceptors (Lipinski definition) is 2. The van der Waals surface area contributed by atoms with Gasteiger partial charge >= 0.3 is 0 Å². The molecule has 0 saturated carbocycles. The number of hydrogen-bond donors (Lipinski definition) is 0. The van der Waals surface area contributed by atoms with E-state index in [0.717, 1.165) is 50.1 Å². The van der Waals surface area contributed by atoms with Crippen LogP contribution in [0.4, 0.5) is 4.39 Å². The lowest BCUT2D eigenvalue weighted by Crippen LogP contribution is -2.33. The molecule has 1 fully saturated rings. The summed E-state index contributed by atoms with van der Waals surface area (Å²) in [6.07, 6.45) is 6.60. The molecule has 1 saturated heterocycles. The van der Waals surface area contributed by atoms with Crippen LogP contribution in [0, 0.1) is 5.82 Å². The Labute approximate surface area is 154 Å². The van der Waals surface area contributed by atoms with Crippen molar-refractivity contribution in [3.63, 3.8) is 0 Å². The SMILES string of the molecule is Fc1cccc(C2CCN(CCCCn3cnc4ccccc43)CC2)c1. The number of unbranched alkanes of at least 4 members (excludes halogenated alkanes) is 1. The van der Waals surface area contributed by atoms with Crippen LogP contribution < -0.4 is 0 Å². The molecule has 1 aliphatic heterocycles. The molecule has 2 heterocycles. The van der Waals surface area contributed by atoms with Crippen LogP contribution >= 0.6 is 0 Å². The van der Waals surface area contributed by atoms with Crippen molar-refractivity contribution in [3.05, 3.63) is 66.2 Å². The first kappa shape index (κ1) is 17.2. The van der Waals surface area contributed by atoms with Crippen molar-refractivity contribution in [1.29, 1.82) is 0 Å². The van der Waals surface area contributed by atoms with Gasteiger partial charge in [-0.2, -0.15) is 0 Å². The van der Waals surface area contributed by atoms with Gasteiger partial charge < -0.3 is 9.47 Å². The van der Waals surface area contributed by atoms with Crippen LogP contribution in [0.1, 0.15) is 37.2 Å². The van der Waals surface area contributed by atoms with Crippen LogP contribution in [0.5, 0.6) is 0 Å². The first-order valence-corrected chi connectivity index (χ1v) is 9.67. The van der Waals surface area contributed by atoms with Gasteiger partial charge in [-0.05, 0) is 81.1 Å². The number of likely N-dealkylation sites (tertiary alicyclic amines) is 1. The number of rotatable bonds is 6. The summed E-state index contributed by atoms with van der Waals surface area (Å²) in [5.41, 5.74) is 3.46. The Hall–Kier alpha value is -2.20. The Kier molecular flexibility index (Phi) is 5.30. The van der Waals surface area contributed by atoms with Gasteiger partial charge in [0.25, 0.3) is 0 Å². The second-order valence-electron chi connectivity index (χ2n) is 7.30. The lowest BCUT2D eigenvalue weighted by Gasteiger charge is -2.32. The molecule has 136 valence electrons. The van der Waals surface area contributed by atoms with Gasteiger partial charge in [-0.1, -0.05) is 24.3 Å². The van der Waals surface area contributed by atoms with Crippen molar-refractivity contribution in [3.8, 4) is 0 Å². The highest BCUT2D eigenvalue weighted by molar-refractivity contribution is 5.74. The molecule has 0 amide bonds. The molecule has 0 unspecified atom stereocenters. The molecule has 0 N–H and O–H groups in total. The van der Waals surface area contributed by atoms with Gasteiger partial charge in [0.15, 0.2) is 0 Å². The molecule has 1 aromatic heterocycles. The average Bonchev–Trinajstić information content (AvgIpc) is 3.09. The molecule has 2 aromatic carbocycles. The molecule has 26 heavy (non-hydrogen) atoms. The maximum atomic E-state index is 13.4. The second kappa shape index (κ2) is 8.00. The predicted octanol–water partition coefficient (Wildman–Crippen LogP) is 4.84. The number of imidazole rings is 1. The molecule has 4 rings (SSSR count). The van der Waals surface area contributed by atoms with E-state index < -0.39 is 0 Å². The highest BCUT2D eigenvalue weighted by Crippen LogP contribution is 2.28. The number of benzene rings is 2. The van der Waals surface area contributed by atoms with E-state index in [1.807, 2.05) is 18.5 Å². The zero-order valence-electron chi connectivity index (χ0n) is 15.1. The maximum absolute atomic E-state index is 13.4. The second-order valence-corrected chi connectivity index (χ2v) is 7.30. The first-order valence-electron chi connectivity index (χ1n) is 9.67. The number of aryl methyl sites for hydroxylation is 1. The van der Waals surface area contributed by atoms with Crippen molar-refractivity contribution in [2.75, 3.05) is 19.6 Å². The molecular formula is C22H26FN3. The smallest absolute Gasteiger partial charge is 0.123 e. The average molecular weight is 351 g/mol. The van der Waals surface area contributed by atoms with Crippen molar-refractivity contribution in [2.45, 2.75) is 38.1 Å². The number of halogens is 1. The highest BCUT2D eigenvalue weighted by Gasteiger charge is 2.20. The van der Waals surface area contributed by atoms with Gasteiger partial charge in [0.05, 0.1) is 17.4 Å². The fraction of sp³-hybridized carbons (Fsp3) is 0.409. The summed E-state index contributed by atoms with van der Waals surface area (Å²) in [6.45, 7) is 4.42. The predicted molar refractivity (Wildman–Crippen MR) is 104 cm³/mol. The van der Waals surface area contributed by atoms with Crippen LogP contribution in [0.3, 0.4) is 0 Å². The van der Waals surface area contributed by atoms with Gasteiger partial charge in [-0.25, -0.2) is 9.37 Å². The molecule has 3 nitrogen and oxygen atoms in total. The van der Waals surface area contributed by atoms with E-state index in [4.69, 9.17) is 0 Å². The molecule has 0 bridgehead atoms. The normalized spacial score (nSPS) is 16.3. The molecule has 3 aromatic rings. The number of aromatic nitrogens is 2. The van der Waals surface area contributed by atoms with Crippen molar-refractivity contribution < 1.29 is 4.39 Å². The standard InChI is InChI=1S/C22H26FN3/c23-20-7-5-6-19(16-20)18-10-14-25(15-11-18)12-3-4-13-26-17-24-21-8-1-2-9-22(21)26/h1-2,5-9,16-18H,3-4,10-15H2. The molecular weight excluding hydrogens is 325 g/mol. The Balaban J connectivity index is 1.20. The van der Waals surface area contributed by atoms with Gasteiger partial charge in [0.2, 0.25) is 0 Å². The van der Waals surface area contributed by atoms with E-state index in [1.165, 1.54) is 24.4 Å². The fourth-order valence-electron chi connectivity index (χ4n) is 4.06. The monoisotopic (exact) mass is 351 g/mol. The van der Waals surface area contributed by atoms with E-state index >= 15 is 0 Å². The van der Waals surface area contributed by atoms with Gasteiger partial charge in [0.1, 0.15) is 5.82 Å². The number of para-hydroxylation sites is 2. The minimum absolute atomic E-state index is 0.114. The number of nitrogens with zero attached hydrogens (tertiary/aromatic N) is 3. The van der Waals surface area contributed by atoms with Crippen molar-refractivity contribution in [1.82, 2.24) is 14.5 Å². The van der Waals surface area contributed by atoms with Gasteiger partial charge in [0, 0.05) is 6.54 Å². The molecule has 4 heteroatoms. The van der Waals surface area contributed by atoms with Gasteiger partial charge in [-0.15, -0.1) is 0 Å². The van der Waals surface area contributed by atoms with E-state index in [2.05, 4.69) is 38.7 Å². The molecule has 1 aliphatic rings. The number of piperidine rings is 1. The third-order valence-corrected chi connectivity index (χ3v) is 5.56. The molecule has 0 spiro atoms. The topological polar surface area (TPSA) is 21.1 Å². The molecule has 0 radical (unpaired) electrons. The van der Waals surface area contributed by atoms with Crippen LogP contribution in [-0.2, 0) is 6.54 Å². The van der Waals surface area contributed by atoms with E-state index in [9.17, 15) is 4.39 Å². The fourth-order valence-corrected chi connectivity index (χ4v) is 4.06. The van der Waals surface area contributed by atoms with Crippen LogP contribution in [0.2, 0.25) is 0 Å². The summed E-state index contributed by atoms with van der Waals surface area (Å²) >= 11 is 0. The molecule has 0 atom stereocenters. The summed E-state index contributed by atoms with van der Waals surface area (Å²) in [5.74, 6) is 0.399. The summed E-state index contributed by atoms with van der Waals surface area (Å²) in [6, 6.07) is 15.4.